The first-order valence-electron chi connectivity index (χ1n) is 7.20. The van der Waals surface area contributed by atoms with Crippen molar-refractivity contribution in [1.29, 1.82) is 0 Å². The van der Waals surface area contributed by atoms with Crippen LogP contribution in [0.3, 0.4) is 0 Å². The standard InChI is InChI=1S/C17H22N2O/c1-2-11-19(12-10-18)17(20)13-15-8-5-7-14-6-3-4-9-16(14)15/h3-9H,2,10-13,18H2,1H3. The molecule has 2 aromatic carbocycles. The number of benzene rings is 2. The molecule has 0 fully saturated rings. The molecule has 0 spiro atoms. The third kappa shape index (κ3) is 3.36. The highest BCUT2D eigenvalue weighted by atomic mass is 16.2. The lowest BCUT2D eigenvalue weighted by Crippen LogP contribution is -2.36. The molecule has 0 unspecified atom stereocenters. The van der Waals surface area contributed by atoms with Gasteiger partial charge in [-0.3, -0.25) is 4.79 Å². The lowest BCUT2D eigenvalue weighted by molar-refractivity contribution is -0.130. The number of nitrogens with two attached hydrogens (primary N) is 1. The van der Waals surface area contributed by atoms with Gasteiger partial charge in [0.1, 0.15) is 0 Å². The molecule has 106 valence electrons. The summed E-state index contributed by atoms with van der Waals surface area (Å²) in [7, 11) is 0. The van der Waals surface area contributed by atoms with Crippen LogP contribution in [-0.2, 0) is 11.2 Å². The van der Waals surface area contributed by atoms with Crippen LogP contribution in [0.5, 0.6) is 0 Å². The number of hydrogen-bond acceptors (Lipinski definition) is 2. The first kappa shape index (κ1) is 14.5. The molecule has 0 saturated heterocycles. The Kier molecular flexibility index (Phi) is 5.13. The number of fused-ring (bicyclic) bond motifs is 1. The zero-order chi connectivity index (χ0) is 14.4. The van der Waals surface area contributed by atoms with Gasteiger partial charge in [-0.05, 0) is 22.8 Å². The van der Waals surface area contributed by atoms with E-state index in [1.54, 1.807) is 0 Å². The monoisotopic (exact) mass is 270 g/mol. The Morgan fingerprint density at radius 2 is 1.85 bits per heavy atom. The van der Waals surface area contributed by atoms with Crippen LogP contribution in [0.25, 0.3) is 10.8 Å². The van der Waals surface area contributed by atoms with Gasteiger partial charge in [0, 0.05) is 19.6 Å². The molecule has 3 heteroatoms. The van der Waals surface area contributed by atoms with Gasteiger partial charge in [0.2, 0.25) is 5.91 Å². The largest absolute Gasteiger partial charge is 0.341 e. The third-order valence-corrected chi connectivity index (χ3v) is 3.47. The zero-order valence-corrected chi connectivity index (χ0v) is 12.0. The lowest BCUT2D eigenvalue weighted by Gasteiger charge is -2.21. The summed E-state index contributed by atoms with van der Waals surface area (Å²) in [5.74, 6) is 0.161. The predicted octanol–water partition coefficient (Wildman–Crippen LogP) is 2.58. The van der Waals surface area contributed by atoms with E-state index >= 15 is 0 Å². The number of rotatable bonds is 6. The number of nitrogens with zero attached hydrogens (tertiary/aromatic N) is 1. The summed E-state index contributed by atoms with van der Waals surface area (Å²) in [6, 6.07) is 14.3. The van der Waals surface area contributed by atoms with Gasteiger partial charge in [0.25, 0.3) is 0 Å². The van der Waals surface area contributed by atoms with E-state index in [1.165, 1.54) is 5.39 Å². The Morgan fingerprint density at radius 3 is 2.60 bits per heavy atom. The van der Waals surface area contributed by atoms with Crippen LogP contribution in [0, 0.1) is 0 Å². The van der Waals surface area contributed by atoms with Crippen molar-refractivity contribution in [3.05, 3.63) is 48.0 Å². The van der Waals surface area contributed by atoms with Crippen LogP contribution < -0.4 is 5.73 Å². The van der Waals surface area contributed by atoms with Crippen molar-refractivity contribution in [2.75, 3.05) is 19.6 Å². The van der Waals surface area contributed by atoms with Gasteiger partial charge in [-0.1, -0.05) is 49.4 Å². The molecule has 1 amide bonds. The number of hydrogen-bond donors (Lipinski definition) is 1. The number of amides is 1. The summed E-state index contributed by atoms with van der Waals surface area (Å²) in [5, 5.41) is 2.34. The number of carbonyl (C=O) groups excluding carboxylic acids is 1. The molecular weight excluding hydrogens is 248 g/mol. The van der Waals surface area contributed by atoms with Crippen molar-refractivity contribution >= 4 is 16.7 Å². The first-order valence-corrected chi connectivity index (χ1v) is 7.20. The number of carbonyl (C=O) groups is 1. The highest BCUT2D eigenvalue weighted by molar-refractivity contribution is 5.90. The Labute approximate surface area is 120 Å². The maximum Gasteiger partial charge on any atom is 0.227 e. The Morgan fingerprint density at radius 1 is 1.10 bits per heavy atom. The second kappa shape index (κ2) is 7.06. The van der Waals surface area contributed by atoms with Crippen LogP contribution in [0.15, 0.2) is 42.5 Å². The highest BCUT2D eigenvalue weighted by Crippen LogP contribution is 2.19. The van der Waals surface area contributed by atoms with Gasteiger partial charge in [0.15, 0.2) is 0 Å². The molecule has 20 heavy (non-hydrogen) atoms. The van der Waals surface area contributed by atoms with E-state index in [-0.39, 0.29) is 5.91 Å². The van der Waals surface area contributed by atoms with Crippen molar-refractivity contribution in [2.45, 2.75) is 19.8 Å². The minimum absolute atomic E-state index is 0.161. The quantitative estimate of drug-likeness (QED) is 0.877. The molecule has 2 aromatic rings. The van der Waals surface area contributed by atoms with E-state index in [0.717, 1.165) is 23.9 Å². The molecule has 2 rings (SSSR count). The summed E-state index contributed by atoms with van der Waals surface area (Å²) < 4.78 is 0. The average molecular weight is 270 g/mol. The maximum atomic E-state index is 12.4. The molecule has 0 aliphatic carbocycles. The van der Waals surface area contributed by atoms with Crippen molar-refractivity contribution < 1.29 is 4.79 Å². The molecule has 0 aromatic heterocycles. The second-order valence-electron chi connectivity index (χ2n) is 4.98. The Bertz CT molecular complexity index is 569. The van der Waals surface area contributed by atoms with Crippen LogP contribution >= 0.6 is 0 Å². The van der Waals surface area contributed by atoms with Gasteiger partial charge >= 0.3 is 0 Å². The summed E-state index contributed by atoms with van der Waals surface area (Å²) in [5.41, 5.74) is 6.68. The molecule has 0 aliphatic heterocycles. The predicted molar refractivity (Wildman–Crippen MR) is 83.6 cm³/mol. The van der Waals surface area contributed by atoms with Crippen molar-refractivity contribution in [3.63, 3.8) is 0 Å². The molecular formula is C17H22N2O. The molecule has 3 nitrogen and oxygen atoms in total. The van der Waals surface area contributed by atoms with E-state index in [1.807, 2.05) is 29.2 Å². The van der Waals surface area contributed by atoms with E-state index < -0.39 is 0 Å². The minimum atomic E-state index is 0.161. The normalized spacial score (nSPS) is 10.7. The Balaban J connectivity index is 2.20. The molecule has 0 bridgehead atoms. The molecule has 0 aliphatic rings. The molecule has 0 atom stereocenters. The summed E-state index contributed by atoms with van der Waals surface area (Å²) in [6.07, 6.45) is 1.41. The van der Waals surface area contributed by atoms with Gasteiger partial charge in [-0.15, -0.1) is 0 Å². The van der Waals surface area contributed by atoms with Crippen molar-refractivity contribution in [2.24, 2.45) is 5.73 Å². The topological polar surface area (TPSA) is 46.3 Å². The molecule has 0 saturated carbocycles. The van der Waals surface area contributed by atoms with E-state index in [2.05, 4.69) is 25.1 Å². The maximum absolute atomic E-state index is 12.4. The SMILES string of the molecule is CCCN(CCN)C(=O)Cc1cccc2ccccc12. The summed E-state index contributed by atoms with van der Waals surface area (Å²) in [4.78, 5) is 14.3. The third-order valence-electron chi connectivity index (χ3n) is 3.47. The van der Waals surface area contributed by atoms with Crippen LogP contribution in [0.1, 0.15) is 18.9 Å². The zero-order valence-electron chi connectivity index (χ0n) is 12.0. The fourth-order valence-corrected chi connectivity index (χ4v) is 2.51. The lowest BCUT2D eigenvalue weighted by atomic mass is 10.0. The van der Waals surface area contributed by atoms with Gasteiger partial charge in [-0.25, -0.2) is 0 Å². The van der Waals surface area contributed by atoms with Crippen LogP contribution in [0.4, 0.5) is 0 Å². The van der Waals surface area contributed by atoms with Crippen LogP contribution in [0.2, 0.25) is 0 Å². The van der Waals surface area contributed by atoms with Gasteiger partial charge in [0.05, 0.1) is 6.42 Å². The molecule has 2 N–H and O–H groups in total. The first-order chi connectivity index (χ1) is 9.76. The van der Waals surface area contributed by atoms with Gasteiger partial charge in [-0.2, -0.15) is 0 Å². The summed E-state index contributed by atoms with van der Waals surface area (Å²) in [6.45, 7) is 4.01. The fraction of sp³-hybridized carbons (Fsp3) is 0.353. The van der Waals surface area contributed by atoms with Gasteiger partial charge < -0.3 is 10.6 Å². The summed E-state index contributed by atoms with van der Waals surface area (Å²) >= 11 is 0. The van der Waals surface area contributed by atoms with Crippen molar-refractivity contribution in [1.82, 2.24) is 4.90 Å². The highest BCUT2D eigenvalue weighted by Gasteiger charge is 2.13. The second-order valence-corrected chi connectivity index (χ2v) is 4.98. The van der Waals surface area contributed by atoms with E-state index in [9.17, 15) is 4.79 Å². The van der Waals surface area contributed by atoms with Crippen LogP contribution in [-0.4, -0.2) is 30.4 Å². The smallest absolute Gasteiger partial charge is 0.227 e. The van der Waals surface area contributed by atoms with E-state index in [4.69, 9.17) is 5.73 Å². The van der Waals surface area contributed by atoms with E-state index in [0.29, 0.717) is 19.5 Å². The Hall–Kier alpha value is -1.87. The average Bonchev–Trinajstić information content (AvgIpc) is 2.47. The van der Waals surface area contributed by atoms with Crippen molar-refractivity contribution in [3.8, 4) is 0 Å². The molecule has 0 heterocycles. The minimum Gasteiger partial charge on any atom is -0.341 e. The molecule has 0 radical (unpaired) electrons. The fourth-order valence-electron chi connectivity index (χ4n) is 2.51.